The van der Waals surface area contributed by atoms with Gasteiger partial charge in [-0.05, 0) is 13.8 Å². The van der Waals surface area contributed by atoms with E-state index < -0.39 is 0 Å². The van der Waals surface area contributed by atoms with E-state index in [1.165, 1.54) is 0 Å². The summed E-state index contributed by atoms with van der Waals surface area (Å²) in [7, 11) is 0. The maximum absolute atomic E-state index is 10.7. The van der Waals surface area contributed by atoms with Gasteiger partial charge in [-0.1, -0.05) is 0 Å². The van der Waals surface area contributed by atoms with Crippen LogP contribution in [-0.4, -0.2) is 29.2 Å². The van der Waals surface area contributed by atoms with Crippen LogP contribution in [0, 0.1) is 0 Å². The van der Waals surface area contributed by atoms with Crippen molar-refractivity contribution in [1.29, 1.82) is 0 Å². The van der Waals surface area contributed by atoms with Crippen molar-refractivity contribution in [2.75, 3.05) is 6.61 Å². The van der Waals surface area contributed by atoms with Crippen molar-refractivity contribution >= 4 is 6.09 Å². The molecule has 2 heterocycles. The molecule has 50 valence electrons. The second kappa shape index (κ2) is 1.08. The van der Waals surface area contributed by atoms with Crippen LogP contribution in [-0.2, 0) is 4.74 Å². The minimum atomic E-state index is -0.148. The molecule has 0 aromatic rings. The van der Waals surface area contributed by atoms with Gasteiger partial charge in [-0.25, -0.2) is 4.79 Å². The van der Waals surface area contributed by atoms with Gasteiger partial charge >= 0.3 is 6.09 Å². The van der Waals surface area contributed by atoms with Crippen LogP contribution in [0.2, 0.25) is 0 Å². The van der Waals surface area contributed by atoms with Crippen LogP contribution in [0.25, 0.3) is 0 Å². The highest BCUT2D eigenvalue weighted by molar-refractivity contribution is 5.76. The van der Waals surface area contributed by atoms with Crippen molar-refractivity contribution in [2.24, 2.45) is 0 Å². The van der Waals surface area contributed by atoms with Gasteiger partial charge in [0.15, 0.2) is 0 Å². The van der Waals surface area contributed by atoms with Gasteiger partial charge < -0.3 is 4.74 Å². The number of hydrogen-bond acceptors (Lipinski definition) is 2. The molecule has 0 aromatic heterocycles. The van der Waals surface area contributed by atoms with Gasteiger partial charge in [0.05, 0.1) is 11.6 Å². The van der Waals surface area contributed by atoms with Crippen molar-refractivity contribution in [3.8, 4) is 0 Å². The van der Waals surface area contributed by atoms with E-state index in [-0.39, 0.29) is 11.6 Å². The maximum Gasteiger partial charge on any atom is 0.410 e. The summed E-state index contributed by atoms with van der Waals surface area (Å²) in [6.07, 6.45) is -0.148. The molecule has 3 heteroatoms. The third kappa shape index (κ3) is 0.407. The lowest BCUT2D eigenvalue weighted by Crippen LogP contribution is -2.19. The highest BCUT2D eigenvalue weighted by atomic mass is 16.6. The minimum absolute atomic E-state index is 0.0926. The Bertz CT molecular complexity index is 176. The van der Waals surface area contributed by atoms with E-state index in [0.717, 1.165) is 0 Å². The summed E-state index contributed by atoms with van der Waals surface area (Å²) >= 11 is 0. The second-order valence-electron chi connectivity index (χ2n) is 3.12. The van der Waals surface area contributed by atoms with Gasteiger partial charge in [0, 0.05) is 0 Å². The molecule has 2 rings (SSSR count). The number of carbonyl (C=O) groups excluding carboxylic acids is 1. The van der Waals surface area contributed by atoms with Gasteiger partial charge in [-0.3, -0.25) is 4.90 Å². The number of nitrogens with zero attached hydrogens (tertiary/aromatic N) is 1. The lowest BCUT2D eigenvalue weighted by atomic mass is 10.1. The lowest BCUT2D eigenvalue weighted by Gasteiger charge is -2.05. The second-order valence-corrected chi connectivity index (χ2v) is 3.12. The van der Waals surface area contributed by atoms with Crippen LogP contribution in [0.1, 0.15) is 13.8 Å². The zero-order chi connectivity index (χ0) is 6.65. The highest BCUT2D eigenvalue weighted by Gasteiger charge is 2.63. The van der Waals surface area contributed by atoms with E-state index in [0.29, 0.717) is 12.6 Å². The summed E-state index contributed by atoms with van der Waals surface area (Å²) < 4.78 is 4.74. The predicted octanol–water partition coefficient (Wildman–Crippen LogP) is 0.599. The summed E-state index contributed by atoms with van der Waals surface area (Å²) in [6.45, 7) is 4.70. The quantitative estimate of drug-likeness (QED) is 0.446. The van der Waals surface area contributed by atoms with Gasteiger partial charge in [-0.15, -0.1) is 0 Å². The largest absolute Gasteiger partial charge is 0.447 e. The number of carbonyl (C=O) groups is 1. The summed E-state index contributed by atoms with van der Waals surface area (Å²) in [5.41, 5.74) is 0.0926. The molecule has 0 aromatic carbocycles. The molecule has 2 fully saturated rings. The van der Waals surface area contributed by atoms with E-state index in [4.69, 9.17) is 4.74 Å². The lowest BCUT2D eigenvalue weighted by molar-refractivity contribution is 0.149. The first-order chi connectivity index (χ1) is 4.14. The molecule has 3 nitrogen and oxygen atoms in total. The van der Waals surface area contributed by atoms with Crippen LogP contribution < -0.4 is 0 Å². The fourth-order valence-corrected chi connectivity index (χ4v) is 1.43. The van der Waals surface area contributed by atoms with Gasteiger partial charge in [0.25, 0.3) is 0 Å². The zero-order valence-corrected chi connectivity index (χ0v) is 5.55. The number of hydrogen-bond donors (Lipinski definition) is 0. The van der Waals surface area contributed by atoms with Gasteiger partial charge in [-0.2, -0.15) is 0 Å². The van der Waals surface area contributed by atoms with Crippen LogP contribution >= 0.6 is 0 Å². The number of ether oxygens (including phenoxy) is 1. The molecule has 0 aliphatic carbocycles. The molecule has 0 spiro atoms. The molecule has 1 atom stereocenters. The van der Waals surface area contributed by atoms with Crippen molar-refractivity contribution in [3.05, 3.63) is 0 Å². The van der Waals surface area contributed by atoms with Crippen LogP contribution in [0.4, 0.5) is 4.79 Å². The molecule has 2 saturated heterocycles. The van der Waals surface area contributed by atoms with Gasteiger partial charge in [0.2, 0.25) is 0 Å². The van der Waals surface area contributed by atoms with E-state index in [9.17, 15) is 4.79 Å². The molecule has 0 saturated carbocycles. The summed E-state index contributed by atoms with van der Waals surface area (Å²) in [6, 6.07) is 0.366. The fourth-order valence-electron chi connectivity index (χ4n) is 1.43. The summed E-state index contributed by atoms with van der Waals surface area (Å²) in [5.74, 6) is 0. The number of amides is 1. The molecule has 2 aliphatic heterocycles. The molecule has 0 radical (unpaired) electrons. The Morgan fingerprint density at radius 3 is 2.67 bits per heavy atom. The Kier molecular flexibility index (Phi) is 0.610. The third-order valence-corrected chi connectivity index (χ3v) is 2.24. The van der Waals surface area contributed by atoms with Crippen LogP contribution in [0.3, 0.4) is 0 Å². The zero-order valence-electron chi connectivity index (χ0n) is 5.55. The number of cyclic esters (lactones) is 1. The highest BCUT2D eigenvalue weighted by Crippen LogP contribution is 2.44. The maximum atomic E-state index is 10.7. The normalized spacial score (nSPS) is 36.0. The average molecular weight is 127 g/mol. The van der Waals surface area contributed by atoms with E-state index in [1.807, 2.05) is 0 Å². The summed E-state index contributed by atoms with van der Waals surface area (Å²) in [4.78, 5) is 12.5. The Morgan fingerprint density at radius 2 is 2.44 bits per heavy atom. The minimum Gasteiger partial charge on any atom is -0.447 e. The molecular formula is C6H9NO2. The smallest absolute Gasteiger partial charge is 0.410 e. The number of fused-ring (bicyclic) bond motifs is 1. The van der Waals surface area contributed by atoms with E-state index >= 15 is 0 Å². The van der Waals surface area contributed by atoms with Crippen molar-refractivity contribution in [1.82, 2.24) is 4.90 Å². The molecule has 2 aliphatic rings. The SMILES string of the molecule is CC1(C)[C@H]2COC(=O)N21. The average Bonchev–Trinajstić information content (AvgIpc) is 2.19. The standard InChI is InChI=1S/C6H9NO2/c1-6(2)4-3-9-5(8)7(4)6/h4H,3H2,1-2H3/t4-,7?/m1/s1. The number of rotatable bonds is 0. The molecule has 9 heavy (non-hydrogen) atoms. The molecule has 0 bridgehead atoms. The first-order valence-electron chi connectivity index (χ1n) is 3.10. The summed E-state index contributed by atoms with van der Waals surface area (Å²) in [5, 5.41) is 0. The first-order valence-corrected chi connectivity index (χ1v) is 3.10. The third-order valence-electron chi connectivity index (χ3n) is 2.24. The Labute approximate surface area is 53.6 Å². The van der Waals surface area contributed by atoms with Gasteiger partial charge in [0.1, 0.15) is 6.61 Å². The van der Waals surface area contributed by atoms with Crippen LogP contribution in [0.5, 0.6) is 0 Å². The predicted molar refractivity (Wildman–Crippen MR) is 31.1 cm³/mol. The fraction of sp³-hybridized carbons (Fsp3) is 0.833. The molecule has 0 unspecified atom stereocenters. The molecule has 0 N–H and O–H groups in total. The Morgan fingerprint density at radius 1 is 1.78 bits per heavy atom. The molecular weight excluding hydrogens is 118 g/mol. The Hall–Kier alpha value is -0.730. The monoisotopic (exact) mass is 127 g/mol. The van der Waals surface area contributed by atoms with Crippen molar-refractivity contribution in [2.45, 2.75) is 25.4 Å². The van der Waals surface area contributed by atoms with E-state index in [2.05, 4.69) is 13.8 Å². The first kappa shape index (κ1) is 5.09. The van der Waals surface area contributed by atoms with E-state index in [1.54, 1.807) is 4.90 Å². The van der Waals surface area contributed by atoms with Crippen molar-refractivity contribution in [3.63, 3.8) is 0 Å². The molecule has 1 amide bonds. The van der Waals surface area contributed by atoms with Crippen LogP contribution in [0.15, 0.2) is 0 Å². The topological polar surface area (TPSA) is 29.3 Å². The Balaban J connectivity index is 2.23. The van der Waals surface area contributed by atoms with Crippen molar-refractivity contribution < 1.29 is 9.53 Å².